The third kappa shape index (κ3) is 4.68. The molecule has 0 amide bonds. The Morgan fingerprint density at radius 1 is 0.972 bits per heavy atom. The van der Waals surface area contributed by atoms with E-state index in [4.69, 9.17) is 4.52 Å². The van der Waals surface area contributed by atoms with Gasteiger partial charge in [0.2, 0.25) is 0 Å². The standard InChI is InChI=1S/C23H14F7N5O/c24-14-3-1-2-12(6-14)21-32-19-9-31-35(11-20(19)33-21)10-15-8-18(34-36-15)16-5-4-13(22(25,26)27)7-17(16)23(28,29)30/h1-9H,10-11H2,(H,32,33). The van der Waals surface area contributed by atoms with Gasteiger partial charge in [-0.05, 0) is 24.3 Å². The van der Waals surface area contributed by atoms with Crippen LogP contribution in [-0.4, -0.2) is 26.3 Å². The van der Waals surface area contributed by atoms with Crippen LogP contribution in [0.2, 0.25) is 0 Å². The molecular formula is C23H14F7N5O. The van der Waals surface area contributed by atoms with Crippen LogP contribution < -0.4 is 0 Å². The molecule has 186 valence electrons. The Bertz CT molecular complexity index is 1450. The maximum Gasteiger partial charge on any atom is 0.417 e. The molecule has 6 nitrogen and oxygen atoms in total. The van der Waals surface area contributed by atoms with Crippen LogP contribution in [-0.2, 0) is 25.4 Å². The molecule has 2 aromatic heterocycles. The van der Waals surface area contributed by atoms with Crippen molar-refractivity contribution in [2.45, 2.75) is 25.4 Å². The van der Waals surface area contributed by atoms with Crippen molar-refractivity contribution in [2.75, 3.05) is 0 Å². The van der Waals surface area contributed by atoms with Crippen LogP contribution in [0, 0.1) is 5.82 Å². The lowest BCUT2D eigenvalue weighted by Gasteiger charge is -2.19. The summed E-state index contributed by atoms with van der Waals surface area (Å²) in [6.07, 6.45) is -8.50. The smallest absolute Gasteiger partial charge is 0.359 e. The summed E-state index contributed by atoms with van der Waals surface area (Å²) in [5.74, 6) is 0.167. The van der Waals surface area contributed by atoms with E-state index in [1.54, 1.807) is 12.1 Å². The van der Waals surface area contributed by atoms with Gasteiger partial charge in [-0.3, -0.25) is 5.01 Å². The maximum atomic E-state index is 13.5. The van der Waals surface area contributed by atoms with E-state index in [1.165, 1.54) is 29.4 Å². The van der Waals surface area contributed by atoms with E-state index in [1.807, 2.05) is 0 Å². The van der Waals surface area contributed by atoms with Crippen molar-refractivity contribution in [1.29, 1.82) is 0 Å². The van der Waals surface area contributed by atoms with Gasteiger partial charge in [-0.2, -0.15) is 31.4 Å². The molecule has 1 aliphatic heterocycles. The maximum absolute atomic E-state index is 13.5. The SMILES string of the molecule is Fc1cccc(-c2nc3c([nH]2)CN(Cc2cc(-c4ccc(C(F)(F)F)cc4C(F)(F)F)no2)N=C3)c1. The zero-order valence-electron chi connectivity index (χ0n) is 18.0. The van der Waals surface area contributed by atoms with Gasteiger partial charge in [0.05, 0.1) is 36.1 Å². The van der Waals surface area contributed by atoms with Crippen molar-refractivity contribution >= 4 is 6.21 Å². The van der Waals surface area contributed by atoms with Crippen molar-refractivity contribution in [3.05, 3.63) is 82.6 Å². The zero-order valence-corrected chi connectivity index (χ0v) is 18.0. The lowest BCUT2D eigenvalue weighted by Crippen LogP contribution is -2.21. The summed E-state index contributed by atoms with van der Waals surface area (Å²) in [4.78, 5) is 7.48. The summed E-state index contributed by atoms with van der Waals surface area (Å²) in [6, 6.07) is 8.42. The summed E-state index contributed by atoms with van der Waals surface area (Å²) < 4.78 is 97.9. The van der Waals surface area contributed by atoms with Crippen molar-refractivity contribution in [3.63, 3.8) is 0 Å². The number of halogens is 7. The van der Waals surface area contributed by atoms with E-state index in [0.29, 0.717) is 28.8 Å². The third-order valence-electron chi connectivity index (χ3n) is 5.42. The minimum Gasteiger partial charge on any atom is -0.359 e. The fraction of sp³-hybridized carbons (Fsp3) is 0.174. The molecule has 1 aliphatic rings. The lowest BCUT2D eigenvalue weighted by atomic mass is 10.0. The fourth-order valence-electron chi connectivity index (χ4n) is 3.75. The second-order valence-corrected chi connectivity index (χ2v) is 7.96. The molecule has 0 saturated carbocycles. The second-order valence-electron chi connectivity index (χ2n) is 7.96. The lowest BCUT2D eigenvalue weighted by molar-refractivity contribution is -0.142. The van der Waals surface area contributed by atoms with Crippen LogP contribution in [0.4, 0.5) is 30.7 Å². The number of hydrogen-bond acceptors (Lipinski definition) is 5. The Kier molecular flexibility index (Phi) is 5.57. The molecule has 0 spiro atoms. The Hall–Kier alpha value is -4.16. The number of fused-ring (bicyclic) bond motifs is 1. The Balaban J connectivity index is 1.35. The Labute approximate surface area is 198 Å². The number of benzene rings is 2. The molecule has 0 radical (unpaired) electrons. The quantitative estimate of drug-likeness (QED) is 0.330. The Morgan fingerprint density at radius 2 is 1.78 bits per heavy atom. The number of nitrogens with zero attached hydrogens (tertiary/aromatic N) is 4. The molecule has 0 saturated heterocycles. The number of H-pyrrole nitrogens is 1. The fourth-order valence-corrected chi connectivity index (χ4v) is 3.75. The number of nitrogens with one attached hydrogen (secondary N) is 1. The normalized spacial score (nSPS) is 13.8. The molecule has 0 aliphatic carbocycles. The molecule has 1 N–H and O–H groups in total. The molecule has 13 heteroatoms. The van der Waals surface area contributed by atoms with E-state index in [2.05, 4.69) is 20.2 Å². The predicted octanol–water partition coefficient (Wildman–Crippen LogP) is 6.26. The van der Waals surface area contributed by atoms with Crippen LogP contribution in [0.5, 0.6) is 0 Å². The average Bonchev–Trinajstić information content (AvgIpc) is 3.44. The minimum atomic E-state index is -5.04. The van der Waals surface area contributed by atoms with Gasteiger partial charge in [-0.1, -0.05) is 23.4 Å². The van der Waals surface area contributed by atoms with Gasteiger partial charge < -0.3 is 9.51 Å². The van der Waals surface area contributed by atoms with E-state index >= 15 is 0 Å². The van der Waals surface area contributed by atoms with Gasteiger partial charge in [-0.15, -0.1) is 0 Å². The van der Waals surface area contributed by atoms with Gasteiger partial charge in [0, 0.05) is 17.2 Å². The molecular weight excluding hydrogens is 495 g/mol. The number of rotatable bonds is 4. The van der Waals surface area contributed by atoms with Gasteiger partial charge in [0.15, 0.2) is 5.76 Å². The topological polar surface area (TPSA) is 70.3 Å². The summed E-state index contributed by atoms with van der Waals surface area (Å²) in [5.41, 5.74) is -1.93. The number of hydrazone groups is 1. The summed E-state index contributed by atoms with van der Waals surface area (Å²) >= 11 is 0. The minimum absolute atomic E-state index is 0.0131. The number of aromatic nitrogens is 3. The first-order chi connectivity index (χ1) is 17.0. The molecule has 2 aromatic carbocycles. The number of hydrogen-bond donors (Lipinski definition) is 1. The number of aromatic amines is 1. The van der Waals surface area contributed by atoms with Gasteiger partial charge in [-0.25, -0.2) is 9.37 Å². The van der Waals surface area contributed by atoms with E-state index in [0.717, 1.165) is 6.07 Å². The molecule has 4 aromatic rings. The molecule has 0 unspecified atom stereocenters. The van der Waals surface area contributed by atoms with Crippen molar-refractivity contribution < 1.29 is 35.3 Å². The first-order valence-corrected chi connectivity index (χ1v) is 10.4. The van der Waals surface area contributed by atoms with Crippen molar-refractivity contribution in [2.24, 2.45) is 5.10 Å². The molecule has 5 rings (SSSR count). The monoisotopic (exact) mass is 509 g/mol. The average molecular weight is 509 g/mol. The van der Waals surface area contributed by atoms with E-state index < -0.39 is 34.9 Å². The van der Waals surface area contributed by atoms with Crippen LogP contribution >= 0.6 is 0 Å². The highest BCUT2D eigenvalue weighted by atomic mass is 19.4. The third-order valence-corrected chi connectivity index (χ3v) is 5.42. The first-order valence-electron chi connectivity index (χ1n) is 10.4. The Morgan fingerprint density at radius 3 is 2.50 bits per heavy atom. The van der Waals surface area contributed by atoms with Crippen LogP contribution in [0.25, 0.3) is 22.6 Å². The molecule has 0 bridgehead atoms. The summed E-state index contributed by atoms with van der Waals surface area (Å²) in [7, 11) is 0. The number of alkyl halides is 6. The predicted molar refractivity (Wildman–Crippen MR) is 113 cm³/mol. The summed E-state index contributed by atoms with van der Waals surface area (Å²) in [6.45, 7) is 0.248. The van der Waals surface area contributed by atoms with E-state index in [9.17, 15) is 30.7 Å². The first kappa shape index (κ1) is 23.6. The molecule has 0 atom stereocenters. The highest BCUT2D eigenvalue weighted by Gasteiger charge is 2.39. The van der Waals surface area contributed by atoms with Crippen molar-refractivity contribution in [3.8, 4) is 22.6 Å². The van der Waals surface area contributed by atoms with Crippen LogP contribution in [0.3, 0.4) is 0 Å². The summed E-state index contributed by atoms with van der Waals surface area (Å²) in [5, 5.41) is 9.38. The largest absolute Gasteiger partial charge is 0.417 e. The highest BCUT2D eigenvalue weighted by molar-refractivity contribution is 5.80. The highest BCUT2D eigenvalue weighted by Crippen LogP contribution is 2.40. The van der Waals surface area contributed by atoms with E-state index in [-0.39, 0.29) is 30.6 Å². The van der Waals surface area contributed by atoms with Crippen LogP contribution in [0.15, 0.2) is 58.2 Å². The van der Waals surface area contributed by atoms with Crippen LogP contribution in [0.1, 0.15) is 28.3 Å². The van der Waals surface area contributed by atoms with Gasteiger partial charge >= 0.3 is 12.4 Å². The van der Waals surface area contributed by atoms with Gasteiger partial charge in [0.25, 0.3) is 0 Å². The molecule has 0 fully saturated rings. The second kappa shape index (κ2) is 8.50. The molecule has 3 heterocycles. The van der Waals surface area contributed by atoms with Gasteiger partial charge in [0.1, 0.15) is 23.0 Å². The molecule has 36 heavy (non-hydrogen) atoms. The zero-order chi connectivity index (χ0) is 25.7. The van der Waals surface area contributed by atoms with Crippen molar-refractivity contribution in [1.82, 2.24) is 20.1 Å². The number of imidazole rings is 1.